The van der Waals surface area contributed by atoms with E-state index < -0.39 is 0 Å². The highest BCUT2D eigenvalue weighted by atomic mass is 79.9. The number of unbranched alkanes of at least 4 members (excludes halogenated alkanes) is 1. The van der Waals surface area contributed by atoms with Gasteiger partial charge < -0.3 is 10.1 Å². The summed E-state index contributed by atoms with van der Waals surface area (Å²) in [6, 6.07) is 6.46. The number of hydrogen-bond donors (Lipinski definition) is 1. The molecule has 0 spiro atoms. The van der Waals surface area contributed by atoms with Crippen LogP contribution in [0.15, 0.2) is 29.0 Å². The Labute approximate surface area is 146 Å². The highest BCUT2D eigenvalue weighted by Gasteiger charge is 2.05. The number of nitrogens with one attached hydrogen (secondary N) is 1. The van der Waals surface area contributed by atoms with Crippen molar-refractivity contribution in [1.29, 1.82) is 0 Å². The first-order valence-corrected chi connectivity index (χ1v) is 8.84. The molecule has 0 saturated heterocycles. The third-order valence-electron chi connectivity index (χ3n) is 3.67. The standard InChI is InChI=1S/C18H24BrN3O/c1-4-5-6-15-7-8-16(13(2)11-15)23-10-9-20-18-17(19)14(3)21-12-22-18/h7-8,11-12H,4-6,9-10H2,1-3H3,(H,20,21,22). The van der Waals surface area contributed by atoms with Crippen molar-refractivity contribution in [3.63, 3.8) is 0 Å². The van der Waals surface area contributed by atoms with Gasteiger partial charge in [0.2, 0.25) is 0 Å². The van der Waals surface area contributed by atoms with E-state index in [4.69, 9.17) is 4.74 Å². The number of aryl methyl sites for hydroxylation is 3. The lowest BCUT2D eigenvalue weighted by atomic mass is 10.1. The second kappa shape index (κ2) is 8.87. The van der Waals surface area contributed by atoms with Gasteiger partial charge in [-0.05, 0) is 59.8 Å². The van der Waals surface area contributed by atoms with E-state index in [9.17, 15) is 0 Å². The average molecular weight is 378 g/mol. The molecular weight excluding hydrogens is 354 g/mol. The summed E-state index contributed by atoms with van der Waals surface area (Å²) in [5.41, 5.74) is 3.50. The van der Waals surface area contributed by atoms with Crippen LogP contribution in [0.5, 0.6) is 5.75 Å². The normalized spacial score (nSPS) is 10.6. The van der Waals surface area contributed by atoms with Crippen molar-refractivity contribution in [1.82, 2.24) is 9.97 Å². The molecule has 2 rings (SSSR count). The quantitative estimate of drug-likeness (QED) is 0.677. The maximum Gasteiger partial charge on any atom is 0.144 e. The number of halogens is 1. The van der Waals surface area contributed by atoms with E-state index in [1.54, 1.807) is 6.33 Å². The fourth-order valence-corrected chi connectivity index (χ4v) is 2.67. The molecule has 1 heterocycles. The van der Waals surface area contributed by atoms with Crippen LogP contribution in [-0.2, 0) is 6.42 Å². The molecule has 0 aliphatic rings. The van der Waals surface area contributed by atoms with Crippen molar-refractivity contribution in [2.24, 2.45) is 0 Å². The number of ether oxygens (including phenoxy) is 1. The first kappa shape index (κ1) is 17.7. The lowest BCUT2D eigenvalue weighted by Gasteiger charge is -2.12. The molecule has 2 aromatic rings. The largest absolute Gasteiger partial charge is 0.491 e. The van der Waals surface area contributed by atoms with Crippen LogP contribution in [0.25, 0.3) is 0 Å². The van der Waals surface area contributed by atoms with Gasteiger partial charge in [-0.3, -0.25) is 0 Å². The predicted molar refractivity (Wildman–Crippen MR) is 98.2 cm³/mol. The van der Waals surface area contributed by atoms with Crippen molar-refractivity contribution in [2.75, 3.05) is 18.5 Å². The summed E-state index contributed by atoms with van der Waals surface area (Å²) in [5, 5.41) is 3.26. The van der Waals surface area contributed by atoms with Crippen molar-refractivity contribution in [3.8, 4) is 5.75 Å². The zero-order valence-electron chi connectivity index (χ0n) is 14.0. The second-order valence-electron chi connectivity index (χ2n) is 5.60. The van der Waals surface area contributed by atoms with Crippen molar-refractivity contribution in [2.45, 2.75) is 40.0 Å². The summed E-state index contributed by atoms with van der Waals surface area (Å²) in [6.07, 6.45) is 5.15. The van der Waals surface area contributed by atoms with Crippen molar-refractivity contribution < 1.29 is 4.74 Å². The van der Waals surface area contributed by atoms with E-state index in [1.807, 2.05) is 6.92 Å². The Kier molecular flexibility index (Phi) is 6.84. The Hall–Kier alpha value is -1.62. The molecule has 23 heavy (non-hydrogen) atoms. The summed E-state index contributed by atoms with van der Waals surface area (Å²) < 4.78 is 6.77. The fourth-order valence-electron chi connectivity index (χ4n) is 2.32. The molecule has 0 fully saturated rings. The van der Waals surface area contributed by atoms with Gasteiger partial charge in [-0.25, -0.2) is 9.97 Å². The number of aromatic nitrogens is 2. The van der Waals surface area contributed by atoms with Gasteiger partial charge >= 0.3 is 0 Å². The van der Waals surface area contributed by atoms with Gasteiger partial charge in [0.25, 0.3) is 0 Å². The molecule has 124 valence electrons. The van der Waals surface area contributed by atoms with E-state index in [2.05, 4.69) is 63.3 Å². The average Bonchev–Trinajstić information content (AvgIpc) is 2.54. The van der Waals surface area contributed by atoms with Crippen LogP contribution >= 0.6 is 15.9 Å². The minimum Gasteiger partial charge on any atom is -0.491 e. The van der Waals surface area contributed by atoms with E-state index >= 15 is 0 Å². The summed E-state index contributed by atoms with van der Waals surface area (Å²) >= 11 is 3.49. The molecule has 0 saturated carbocycles. The number of hydrogen-bond acceptors (Lipinski definition) is 4. The minimum atomic E-state index is 0.588. The highest BCUT2D eigenvalue weighted by molar-refractivity contribution is 9.10. The van der Waals surface area contributed by atoms with Gasteiger partial charge in [0.1, 0.15) is 24.5 Å². The smallest absolute Gasteiger partial charge is 0.144 e. The van der Waals surface area contributed by atoms with Gasteiger partial charge in [-0.2, -0.15) is 0 Å². The molecule has 0 amide bonds. The fraction of sp³-hybridized carbons (Fsp3) is 0.444. The maximum atomic E-state index is 5.87. The molecule has 0 aliphatic heterocycles. The molecule has 0 atom stereocenters. The summed E-state index contributed by atoms with van der Waals surface area (Å²) in [6.45, 7) is 7.53. The zero-order chi connectivity index (χ0) is 16.7. The summed E-state index contributed by atoms with van der Waals surface area (Å²) in [4.78, 5) is 8.34. The lowest BCUT2D eigenvalue weighted by Crippen LogP contribution is -2.13. The lowest BCUT2D eigenvalue weighted by molar-refractivity contribution is 0.330. The Morgan fingerprint density at radius 3 is 2.78 bits per heavy atom. The molecule has 1 aromatic carbocycles. The third-order valence-corrected chi connectivity index (χ3v) is 4.62. The van der Waals surface area contributed by atoms with Gasteiger partial charge in [0.15, 0.2) is 0 Å². The van der Waals surface area contributed by atoms with Crippen molar-refractivity contribution in [3.05, 3.63) is 45.8 Å². The minimum absolute atomic E-state index is 0.588. The van der Waals surface area contributed by atoms with Crippen LogP contribution in [-0.4, -0.2) is 23.1 Å². The van der Waals surface area contributed by atoms with Crippen LogP contribution in [0.1, 0.15) is 36.6 Å². The summed E-state index contributed by atoms with van der Waals surface area (Å²) in [7, 11) is 0. The second-order valence-corrected chi connectivity index (χ2v) is 6.39. The van der Waals surface area contributed by atoms with Gasteiger partial charge in [-0.1, -0.05) is 25.5 Å². The number of anilines is 1. The van der Waals surface area contributed by atoms with Gasteiger partial charge in [0.05, 0.1) is 16.7 Å². The first-order chi connectivity index (χ1) is 11.1. The zero-order valence-corrected chi connectivity index (χ0v) is 15.6. The van der Waals surface area contributed by atoms with Crippen LogP contribution < -0.4 is 10.1 Å². The van der Waals surface area contributed by atoms with Crippen LogP contribution in [0.4, 0.5) is 5.82 Å². The molecular formula is C18H24BrN3O. The number of benzene rings is 1. The molecule has 0 aliphatic carbocycles. The summed E-state index contributed by atoms with van der Waals surface area (Å²) in [5.74, 6) is 1.75. The van der Waals surface area contributed by atoms with Gasteiger partial charge in [0, 0.05) is 0 Å². The van der Waals surface area contributed by atoms with E-state index in [0.29, 0.717) is 13.2 Å². The molecule has 1 N–H and O–H groups in total. The number of nitrogens with zero attached hydrogens (tertiary/aromatic N) is 2. The van der Waals surface area contributed by atoms with Crippen LogP contribution in [0, 0.1) is 13.8 Å². The third kappa shape index (κ3) is 5.20. The van der Waals surface area contributed by atoms with Crippen molar-refractivity contribution >= 4 is 21.7 Å². The molecule has 0 unspecified atom stereocenters. The predicted octanol–water partition coefficient (Wildman–Crippen LogP) is 4.69. The monoisotopic (exact) mass is 377 g/mol. The van der Waals surface area contributed by atoms with E-state index in [0.717, 1.165) is 28.2 Å². The maximum absolute atomic E-state index is 5.87. The van der Waals surface area contributed by atoms with Crippen LogP contribution in [0.2, 0.25) is 0 Å². The topological polar surface area (TPSA) is 47.0 Å². The first-order valence-electron chi connectivity index (χ1n) is 8.05. The molecule has 5 heteroatoms. The Morgan fingerprint density at radius 1 is 1.22 bits per heavy atom. The van der Waals surface area contributed by atoms with Gasteiger partial charge in [-0.15, -0.1) is 0 Å². The van der Waals surface area contributed by atoms with E-state index in [-0.39, 0.29) is 0 Å². The van der Waals surface area contributed by atoms with E-state index in [1.165, 1.54) is 24.0 Å². The SMILES string of the molecule is CCCCc1ccc(OCCNc2ncnc(C)c2Br)c(C)c1. The number of rotatable bonds is 8. The molecule has 4 nitrogen and oxygen atoms in total. The Balaban J connectivity index is 1.83. The Morgan fingerprint density at radius 2 is 2.04 bits per heavy atom. The Bertz CT molecular complexity index is 646. The highest BCUT2D eigenvalue weighted by Crippen LogP contribution is 2.22. The molecule has 1 aromatic heterocycles. The molecule has 0 bridgehead atoms. The van der Waals surface area contributed by atoms with Crippen LogP contribution in [0.3, 0.4) is 0 Å². The molecule has 0 radical (unpaired) electrons.